The summed E-state index contributed by atoms with van der Waals surface area (Å²) in [4.78, 5) is 4.39. The number of fused-ring (bicyclic) bond motifs is 1. The van der Waals surface area contributed by atoms with Crippen molar-refractivity contribution in [2.24, 2.45) is 0 Å². The molecule has 1 aromatic heterocycles. The lowest BCUT2D eigenvalue weighted by molar-refractivity contribution is 1.04. The molecular formula is C12H13N. The molecule has 1 nitrogen and oxygen atoms in total. The first-order chi connectivity index (χ1) is 6.31. The fourth-order valence-corrected chi connectivity index (χ4v) is 1.56. The van der Waals surface area contributed by atoms with Crippen LogP contribution in [0.25, 0.3) is 10.8 Å². The predicted molar refractivity (Wildman–Crippen MR) is 55.9 cm³/mol. The van der Waals surface area contributed by atoms with Gasteiger partial charge in [0.15, 0.2) is 0 Å². The van der Waals surface area contributed by atoms with Gasteiger partial charge >= 0.3 is 0 Å². The molecule has 1 heterocycles. The number of hydrogen-bond donors (Lipinski definition) is 0. The van der Waals surface area contributed by atoms with Crippen LogP contribution in [0.1, 0.15) is 18.2 Å². The number of rotatable bonds is 1. The molecule has 0 aliphatic carbocycles. The Bertz CT molecular complexity index is 432. The molecule has 0 aliphatic heterocycles. The summed E-state index contributed by atoms with van der Waals surface area (Å²) in [5.74, 6) is 0. The molecule has 0 saturated carbocycles. The zero-order valence-corrected chi connectivity index (χ0v) is 8.04. The van der Waals surface area contributed by atoms with Crippen LogP contribution in [0.3, 0.4) is 0 Å². The first-order valence-corrected chi connectivity index (χ1v) is 4.65. The number of aryl methyl sites for hydroxylation is 2. The maximum atomic E-state index is 4.39. The lowest BCUT2D eigenvalue weighted by Crippen LogP contribution is -1.87. The van der Waals surface area contributed by atoms with Gasteiger partial charge in [-0.25, -0.2) is 0 Å². The molecule has 66 valence electrons. The van der Waals surface area contributed by atoms with E-state index in [0.29, 0.717) is 0 Å². The van der Waals surface area contributed by atoms with E-state index >= 15 is 0 Å². The fraction of sp³-hybridized carbons (Fsp3) is 0.250. The summed E-state index contributed by atoms with van der Waals surface area (Å²) in [7, 11) is 0. The van der Waals surface area contributed by atoms with E-state index < -0.39 is 0 Å². The molecular weight excluding hydrogens is 158 g/mol. The lowest BCUT2D eigenvalue weighted by Gasteiger charge is -2.02. The number of pyridine rings is 1. The minimum atomic E-state index is 1.00. The van der Waals surface area contributed by atoms with Crippen molar-refractivity contribution in [2.75, 3.05) is 0 Å². The molecule has 0 bridgehead atoms. The summed E-state index contributed by atoms with van der Waals surface area (Å²) in [6.45, 7) is 4.25. The molecule has 0 saturated heterocycles. The van der Waals surface area contributed by atoms with E-state index in [9.17, 15) is 0 Å². The van der Waals surface area contributed by atoms with Gasteiger partial charge in [0.2, 0.25) is 0 Å². The Labute approximate surface area is 78.4 Å². The molecule has 0 atom stereocenters. The molecule has 2 aromatic rings. The smallest absolute Gasteiger partial charge is 0.0407 e. The number of benzene rings is 1. The average molecular weight is 171 g/mol. The van der Waals surface area contributed by atoms with Gasteiger partial charge < -0.3 is 0 Å². The van der Waals surface area contributed by atoms with Crippen molar-refractivity contribution in [3.63, 3.8) is 0 Å². The summed E-state index contributed by atoms with van der Waals surface area (Å²) in [6.07, 6.45) is 2.98. The van der Waals surface area contributed by atoms with E-state index in [1.54, 1.807) is 0 Å². The van der Waals surface area contributed by atoms with Crippen molar-refractivity contribution < 1.29 is 0 Å². The zero-order valence-electron chi connectivity index (χ0n) is 8.04. The van der Waals surface area contributed by atoms with E-state index in [0.717, 1.165) is 12.1 Å². The number of aromatic nitrogens is 1. The van der Waals surface area contributed by atoms with Crippen LogP contribution in [0.2, 0.25) is 0 Å². The van der Waals surface area contributed by atoms with Crippen LogP contribution in [-0.4, -0.2) is 4.98 Å². The zero-order chi connectivity index (χ0) is 9.26. The maximum absolute atomic E-state index is 4.39. The summed E-state index contributed by atoms with van der Waals surface area (Å²) >= 11 is 0. The highest BCUT2D eigenvalue weighted by Crippen LogP contribution is 2.17. The monoisotopic (exact) mass is 171 g/mol. The van der Waals surface area contributed by atoms with Gasteiger partial charge in [-0.15, -0.1) is 0 Å². The van der Waals surface area contributed by atoms with Gasteiger partial charge in [-0.2, -0.15) is 0 Å². The van der Waals surface area contributed by atoms with E-state index in [4.69, 9.17) is 0 Å². The van der Waals surface area contributed by atoms with Crippen molar-refractivity contribution in [3.8, 4) is 0 Å². The highest BCUT2D eigenvalue weighted by molar-refractivity contribution is 5.84. The minimum absolute atomic E-state index is 1.00. The summed E-state index contributed by atoms with van der Waals surface area (Å²) in [6, 6.07) is 8.53. The summed E-state index contributed by atoms with van der Waals surface area (Å²) in [5.41, 5.74) is 2.46. The molecule has 0 amide bonds. The minimum Gasteiger partial charge on any atom is -0.261 e. The molecule has 0 spiro atoms. The van der Waals surface area contributed by atoms with E-state index in [1.165, 1.54) is 16.3 Å². The van der Waals surface area contributed by atoms with Crippen LogP contribution in [0, 0.1) is 6.92 Å². The first-order valence-electron chi connectivity index (χ1n) is 4.65. The standard InChI is InChI=1S/C12H13N/c1-3-11-7-10-6-4-5-9(2)12(10)8-13-11/h4-8H,3H2,1-2H3. The van der Waals surface area contributed by atoms with Gasteiger partial charge in [0.25, 0.3) is 0 Å². The second-order valence-corrected chi connectivity index (χ2v) is 3.33. The molecule has 13 heavy (non-hydrogen) atoms. The highest BCUT2D eigenvalue weighted by Gasteiger charge is 1.97. The van der Waals surface area contributed by atoms with Gasteiger partial charge in [0.1, 0.15) is 0 Å². The van der Waals surface area contributed by atoms with Crippen molar-refractivity contribution in [1.29, 1.82) is 0 Å². The van der Waals surface area contributed by atoms with Crippen LogP contribution in [0.5, 0.6) is 0 Å². The number of nitrogens with zero attached hydrogens (tertiary/aromatic N) is 1. The molecule has 0 radical (unpaired) electrons. The molecule has 1 aromatic carbocycles. The normalized spacial score (nSPS) is 10.6. The van der Waals surface area contributed by atoms with Crippen LogP contribution < -0.4 is 0 Å². The van der Waals surface area contributed by atoms with Crippen LogP contribution >= 0.6 is 0 Å². The molecule has 1 heteroatoms. The van der Waals surface area contributed by atoms with Crippen molar-refractivity contribution >= 4 is 10.8 Å². The molecule has 0 fully saturated rings. The molecule has 2 rings (SSSR count). The lowest BCUT2D eigenvalue weighted by atomic mass is 10.1. The maximum Gasteiger partial charge on any atom is 0.0407 e. The van der Waals surface area contributed by atoms with Crippen molar-refractivity contribution in [3.05, 3.63) is 41.7 Å². The number of hydrogen-bond acceptors (Lipinski definition) is 1. The Hall–Kier alpha value is -1.37. The third-order valence-electron chi connectivity index (χ3n) is 2.40. The van der Waals surface area contributed by atoms with Gasteiger partial charge in [-0.05, 0) is 30.4 Å². The Kier molecular flexibility index (Phi) is 2.01. The topological polar surface area (TPSA) is 12.9 Å². The van der Waals surface area contributed by atoms with Crippen molar-refractivity contribution in [2.45, 2.75) is 20.3 Å². The average Bonchev–Trinajstić information content (AvgIpc) is 2.18. The molecule has 0 aliphatic rings. The first kappa shape index (κ1) is 8.24. The highest BCUT2D eigenvalue weighted by atomic mass is 14.7. The van der Waals surface area contributed by atoms with Gasteiger partial charge in [-0.3, -0.25) is 4.98 Å². The van der Waals surface area contributed by atoms with Gasteiger partial charge in [0.05, 0.1) is 0 Å². The van der Waals surface area contributed by atoms with E-state index in [1.807, 2.05) is 6.20 Å². The van der Waals surface area contributed by atoms with Gasteiger partial charge in [-0.1, -0.05) is 25.1 Å². The summed E-state index contributed by atoms with van der Waals surface area (Å²) < 4.78 is 0. The Morgan fingerprint density at radius 3 is 2.92 bits per heavy atom. The van der Waals surface area contributed by atoms with Crippen molar-refractivity contribution in [1.82, 2.24) is 4.98 Å². The Balaban J connectivity index is 2.72. The Morgan fingerprint density at radius 2 is 2.15 bits per heavy atom. The SMILES string of the molecule is CCc1cc2cccc(C)c2cn1. The van der Waals surface area contributed by atoms with Crippen LogP contribution in [0.4, 0.5) is 0 Å². The second-order valence-electron chi connectivity index (χ2n) is 3.33. The van der Waals surface area contributed by atoms with E-state index in [-0.39, 0.29) is 0 Å². The van der Waals surface area contributed by atoms with Crippen LogP contribution in [-0.2, 0) is 6.42 Å². The quantitative estimate of drug-likeness (QED) is 0.642. The predicted octanol–water partition coefficient (Wildman–Crippen LogP) is 3.11. The molecule has 0 unspecified atom stereocenters. The third-order valence-corrected chi connectivity index (χ3v) is 2.40. The Morgan fingerprint density at radius 1 is 1.31 bits per heavy atom. The van der Waals surface area contributed by atoms with Crippen LogP contribution in [0.15, 0.2) is 30.5 Å². The fourth-order valence-electron chi connectivity index (χ4n) is 1.56. The largest absolute Gasteiger partial charge is 0.261 e. The third kappa shape index (κ3) is 1.42. The van der Waals surface area contributed by atoms with Gasteiger partial charge in [0, 0.05) is 17.3 Å². The summed E-state index contributed by atoms with van der Waals surface area (Å²) in [5, 5.41) is 2.56. The second kappa shape index (κ2) is 3.17. The van der Waals surface area contributed by atoms with E-state index in [2.05, 4.69) is 43.1 Å². The molecule has 0 N–H and O–H groups in total.